The van der Waals surface area contributed by atoms with Gasteiger partial charge in [0.25, 0.3) is 5.91 Å². The van der Waals surface area contributed by atoms with Gasteiger partial charge in [0.1, 0.15) is 0 Å². The van der Waals surface area contributed by atoms with E-state index in [4.69, 9.17) is 21.1 Å². The Labute approximate surface area is 156 Å². The van der Waals surface area contributed by atoms with Gasteiger partial charge in [-0.3, -0.25) is 4.79 Å². The fraction of sp³-hybridized carbons (Fsp3) is 0.158. The molecule has 0 fully saturated rings. The van der Waals surface area contributed by atoms with Crippen LogP contribution in [0.15, 0.2) is 55.1 Å². The molecule has 0 aliphatic heterocycles. The van der Waals surface area contributed by atoms with Gasteiger partial charge in [0.05, 0.1) is 25.6 Å². The van der Waals surface area contributed by atoms with Crippen LogP contribution in [0.3, 0.4) is 0 Å². The number of imidazole rings is 1. The Morgan fingerprint density at radius 3 is 2.77 bits per heavy atom. The predicted octanol–water partition coefficient (Wildman–Crippen LogP) is 3.85. The Morgan fingerprint density at radius 1 is 1.23 bits per heavy atom. The standard InChI is InChI=1S/C19H18ClN3O3/c1-25-17-10-14(9-16(20)18(17)26-2)19(24)22-15-5-3-4-13(8-15)11-23-7-6-21-12-23/h3-10,12H,11H2,1-2H3,(H,22,24). The normalized spacial score (nSPS) is 10.4. The Balaban J connectivity index is 1.79. The molecule has 7 heteroatoms. The molecule has 1 N–H and O–H groups in total. The van der Waals surface area contributed by atoms with Gasteiger partial charge in [-0.15, -0.1) is 0 Å². The number of hydrogen-bond donors (Lipinski definition) is 1. The summed E-state index contributed by atoms with van der Waals surface area (Å²) >= 11 is 6.17. The molecule has 0 bridgehead atoms. The van der Waals surface area contributed by atoms with E-state index in [2.05, 4.69) is 10.3 Å². The lowest BCUT2D eigenvalue weighted by Gasteiger charge is -2.12. The van der Waals surface area contributed by atoms with Crippen molar-refractivity contribution < 1.29 is 14.3 Å². The summed E-state index contributed by atoms with van der Waals surface area (Å²) in [5.74, 6) is 0.514. The van der Waals surface area contributed by atoms with E-state index in [-0.39, 0.29) is 5.91 Å². The van der Waals surface area contributed by atoms with Gasteiger partial charge in [-0.2, -0.15) is 0 Å². The number of carbonyl (C=O) groups excluding carboxylic acids is 1. The zero-order chi connectivity index (χ0) is 18.5. The molecule has 0 aliphatic rings. The molecule has 6 nitrogen and oxygen atoms in total. The quantitative estimate of drug-likeness (QED) is 0.714. The number of methoxy groups -OCH3 is 2. The molecule has 0 unspecified atom stereocenters. The monoisotopic (exact) mass is 371 g/mol. The van der Waals surface area contributed by atoms with Crippen LogP contribution in [0.25, 0.3) is 0 Å². The SMILES string of the molecule is COc1cc(C(=O)Nc2cccc(Cn3ccnc3)c2)cc(Cl)c1OC. The largest absolute Gasteiger partial charge is 0.493 e. The van der Waals surface area contributed by atoms with E-state index in [1.807, 2.05) is 35.0 Å². The molecule has 1 amide bonds. The first-order valence-corrected chi connectivity index (χ1v) is 8.26. The number of anilines is 1. The molecule has 134 valence electrons. The first-order valence-electron chi connectivity index (χ1n) is 7.88. The smallest absolute Gasteiger partial charge is 0.255 e. The van der Waals surface area contributed by atoms with Crippen LogP contribution >= 0.6 is 11.6 Å². The van der Waals surface area contributed by atoms with Gasteiger partial charge in [0, 0.05) is 30.2 Å². The van der Waals surface area contributed by atoms with Crippen molar-refractivity contribution in [3.05, 3.63) is 71.3 Å². The molecule has 0 aliphatic carbocycles. The summed E-state index contributed by atoms with van der Waals surface area (Å²) in [6.45, 7) is 0.673. The summed E-state index contributed by atoms with van der Waals surface area (Å²) in [7, 11) is 2.99. The first-order chi connectivity index (χ1) is 12.6. The minimum atomic E-state index is -0.285. The molecule has 26 heavy (non-hydrogen) atoms. The number of nitrogens with zero attached hydrogens (tertiary/aromatic N) is 2. The average Bonchev–Trinajstić information content (AvgIpc) is 3.14. The van der Waals surface area contributed by atoms with Crippen LogP contribution in [0.2, 0.25) is 5.02 Å². The maximum absolute atomic E-state index is 12.6. The summed E-state index contributed by atoms with van der Waals surface area (Å²) in [5.41, 5.74) is 2.12. The van der Waals surface area contributed by atoms with Crippen LogP contribution in [-0.4, -0.2) is 29.7 Å². The number of rotatable bonds is 6. The maximum atomic E-state index is 12.6. The third-order valence-corrected chi connectivity index (χ3v) is 4.09. The second kappa shape index (κ2) is 7.93. The molecule has 0 spiro atoms. The summed E-state index contributed by atoms with van der Waals surface area (Å²) in [4.78, 5) is 16.6. The molecule has 0 radical (unpaired) electrons. The summed E-state index contributed by atoms with van der Waals surface area (Å²) in [6, 6.07) is 10.8. The summed E-state index contributed by atoms with van der Waals surface area (Å²) < 4.78 is 12.4. The van der Waals surface area contributed by atoms with Crippen LogP contribution in [0.4, 0.5) is 5.69 Å². The van der Waals surface area contributed by atoms with Crippen molar-refractivity contribution in [2.24, 2.45) is 0 Å². The Morgan fingerprint density at radius 2 is 2.08 bits per heavy atom. The zero-order valence-corrected chi connectivity index (χ0v) is 15.2. The minimum absolute atomic E-state index is 0.285. The van der Waals surface area contributed by atoms with Crippen LogP contribution < -0.4 is 14.8 Å². The molecule has 1 aromatic heterocycles. The van der Waals surface area contributed by atoms with E-state index in [9.17, 15) is 4.79 Å². The fourth-order valence-corrected chi connectivity index (χ4v) is 2.88. The number of halogens is 1. The summed E-state index contributed by atoms with van der Waals surface area (Å²) in [6.07, 6.45) is 5.36. The maximum Gasteiger partial charge on any atom is 0.255 e. The van der Waals surface area contributed by atoms with Crippen molar-refractivity contribution >= 4 is 23.2 Å². The van der Waals surface area contributed by atoms with E-state index in [0.29, 0.717) is 34.3 Å². The second-order valence-electron chi connectivity index (χ2n) is 5.58. The fourth-order valence-electron chi connectivity index (χ4n) is 2.59. The lowest BCUT2D eigenvalue weighted by Crippen LogP contribution is -2.12. The van der Waals surface area contributed by atoms with Crippen molar-refractivity contribution in [2.45, 2.75) is 6.54 Å². The number of amides is 1. The van der Waals surface area contributed by atoms with Crippen LogP contribution in [0.1, 0.15) is 15.9 Å². The highest BCUT2D eigenvalue weighted by atomic mass is 35.5. The molecule has 0 saturated carbocycles. The molecule has 1 heterocycles. The number of nitrogens with one attached hydrogen (secondary N) is 1. The average molecular weight is 372 g/mol. The van der Waals surface area contributed by atoms with E-state index in [0.717, 1.165) is 5.56 Å². The number of benzene rings is 2. The van der Waals surface area contributed by atoms with Crippen molar-refractivity contribution in [2.75, 3.05) is 19.5 Å². The highest BCUT2D eigenvalue weighted by Crippen LogP contribution is 2.36. The molecule has 3 aromatic rings. The molecular weight excluding hydrogens is 354 g/mol. The first kappa shape index (κ1) is 17.8. The molecular formula is C19H18ClN3O3. The lowest BCUT2D eigenvalue weighted by atomic mass is 10.1. The van der Waals surface area contributed by atoms with E-state index in [1.165, 1.54) is 14.2 Å². The number of hydrogen-bond acceptors (Lipinski definition) is 4. The third-order valence-electron chi connectivity index (χ3n) is 3.80. The van der Waals surface area contributed by atoms with Crippen LogP contribution in [0, 0.1) is 0 Å². The van der Waals surface area contributed by atoms with Gasteiger partial charge in [0.2, 0.25) is 0 Å². The van der Waals surface area contributed by atoms with Crippen molar-refractivity contribution in [3.8, 4) is 11.5 Å². The predicted molar refractivity (Wildman–Crippen MR) is 100 cm³/mol. The third kappa shape index (κ3) is 3.97. The number of carbonyl (C=O) groups is 1. The molecule has 3 rings (SSSR count). The van der Waals surface area contributed by atoms with Gasteiger partial charge in [-0.1, -0.05) is 23.7 Å². The van der Waals surface area contributed by atoms with Gasteiger partial charge in [-0.05, 0) is 29.8 Å². The van der Waals surface area contributed by atoms with Crippen LogP contribution in [0.5, 0.6) is 11.5 Å². The Kier molecular flexibility index (Phi) is 5.43. The van der Waals surface area contributed by atoms with Crippen LogP contribution in [-0.2, 0) is 6.54 Å². The molecule has 0 atom stereocenters. The van der Waals surface area contributed by atoms with Crippen molar-refractivity contribution in [3.63, 3.8) is 0 Å². The number of aromatic nitrogens is 2. The van der Waals surface area contributed by atoms with E-state index in [1.54, 1.807) is 24.7 Å². The minimum Gasteiger partial charge on any atom is -0.493 e. The highest BCUT2D eigenvalue weighted by molar-refractivity contribution is 6.32. The van der Waals surface area contributed by atoms with E-state index < -0.39 is 0 Å². The highest BCUT2D eigenvalue weighted by Gasteiger charge is 2.15. The molecule has 0 saturated heterocycles. The lowest BCUT2D eigenvalue weighted by molar-refractivity contribution is 0.102. The van der Waals surface area contributed by atoms with Gasteiger partial charge in [-0.25, -0.2) is 4.98 Å². The van der Waals surface area contributed by atoms with Crippen molar-refractivity contribution in [1.82, 2.24) is 9.55 Å². The topological polar surface area (TPSA) is 65.4 Å². The molecule has 2 aromatic carbocycles. The van der Waals surface area contributed by atoms with Gasteiger partial charge >= 0.3 is 0 Å². The number of ether oxygens (including phenoxy) is 2. The van der Waals surface area contributed by atoms with Gasteiger partial charge < -0.3 is 19.4 Å². The zero-order valence-electron chi connectivity index (χ0n) is 14.4. The second-order valence-corrected chi connectivity index (χ2v) is 5.99. The Bertz CT molecular complexity index is 910. The van der Waals surface area contributed by atoms with E-state index >= 15 is 0 Å². The summed E-state index contributed by atoms with van der Waals surface area (Å²) in [5, 5.41) is 3.19. The van der Waals surface area contributed by atoms with Gasteiger partial charge in [0.15, 0.2) is 11.5 Å². The Hall–Kier alpha value is -2.99. The van der Waals surface area contributed by atoms with Crippen molar-refractivity contribution in [1.29, 1.82) is 0 Å².